The average molecular weight is 342 g/mol. The molecule has 1 aliphatic rings. The number of aromatic amines is 1. The molecule has 134 valence electrons. The minimum Gasteiger partial charge on any atom is -0.461 e. The SMILES string of the molecule is CCOC(=O)c1cc2cc(C(=O)NC3C(C)CCCC3C)ccc2[nH]1. The Bertz CT molecular complexity index is 770. The number of hydrogen-bond acceptors (Lipinski definition) is 3. The number of nitrogens with one attached hydrogen (secondary N) is 2. The third-order valence-corrected chi connectivity index (χ3v) is 5.22. The Morgan fingerprint density at radius 2 is 1.92 bits per heavy atom. The first-order chi connectivity index (χ1) is 12.0. The quantitative estimate of drug-likeness (QED) is 0.828. The van der Waals surface area contributed by atoms with Crippen LogP contribution in [0.5, 0.6) is 0 Å². The number of carbonyl (C=O) groups excluding carboxylic acids is 2. The number of fused-ring (bicyclic) bond motifs is 1. The van der Waals surface area contributed by atoms with Crippen molar-refractivity contribution in [3.63, 3.8) is 0 Å². The summed E-state index contributed by atoms with van der Waals surface area (Å²) in [5.74, 6) is 0.569. The van der Waals surface area contributed by atoms with Crippen LogP contribution in [0.25, 0.3) is 10.9 Å². The molecule has 3 rings (SSSR count). The van der Waals surface area contributed by atoms with Gasteiger partial charge in [0.1, 0.15) is 5.69 Å². The summed E-state index contributed by atoms with van der Waals surface area (Å²) < 4.78 is 5.01. The van der Waals surface area contributed by atoms with Crippen molar-refractivity contribution < 1.29 is 14.3 Å². The van der Waals surface area contributed by atoms with Crippen LogP contribution >= 0.6 is 0 Å². The van der Waals surface area contributed by atoms with E-state index in [0.29, 0.717) is 29.7 Å². The molecule has 2 aromatic rings. The van der Waals surface area contributed by atoms with Crippen molar-refractivity contribution in [3.05, 3.63) is 35.5 Å². The van der Waals surface area contributed by atoms with Crippen molar-refractivity contribution in [1.82, 2.24) is 10.3 Å². The van der Waals surface area contributed by atoms with E-state index < -0.39 is 0 Å². The molecule has 2 N–H and O–H groups in total. The smallest absolute Gasteiger partial charge is 0.354 e. The second-order valence-electron chi connectivity index (χ2n) is 7.09. The number of amides is 1. The van der Waals surface area contributed by atoms with Gasteiger partial charge in [0.2, 0.25) is 0 Å². The van der Waals surface area contributed by atoms with E-state index in [2.05, 4.69) is 24.1 Å². The fourth-order valence-electron chi connectivity index (χ4n) is 3.79. The topological polar surface area (TPSA) is 71.2 Å². The third kappa shape index (κ3) is 3.70. The van der Waals surface area contributed by atoms with Crippen molar-refractivity contribution in [3.8, 4) is 0 Å². The molecule has 0 saturated heterocycles. The van der Waals surface area contributed by atoms with Gasteiger partial charge in [0.15, 0.2) is 0 Å². The molecule has 0 radical (unpaired) electrons. The molecule has 5 nitrogen and oxygen atoms in total. The number of H-pyrrole nitrogens is 1. The van der Waals surface area contributed by atoms with Gasteiger partial charge in [-0.2, -0.15) is 0 Å². The fraction of sp³-hybridized carbons (Fsp3) is 0.500. The van der Waals surface area contributed by atoms with E-state index in [9.17, 15) is 9.59 Å². The minimum absolute atomic E-state index is 0.0496. The number of rotatable bonds is 4. The summed E-state index contributed by atoms with van der Waals surface area (Å²) in [7, 11) is 0. The Hall–Kier alpha value is -2.30. The molecule has 1 aliphatic carbocycles. The lowest BCUT2D eigenvalue weighted by Crippen LogP contribution is -2.45. The molecule has 1 fully saturated rings. The van der Waals surface area contributed by atoms with Crippen molar-refractivity contribution in [1.29, 1.82) is 0 Å². The van der Waals surface area contributed by atoms with Crippen LogP contribution in [0.1, 0.15) is 60.9 Å². The van der Waals surface area contributed by atoms with Crippen LogP contribution < -0.4 is 5.32 Å². The van der Waals surface area contributed by atoms with Crippen LogP contribution in [0.15, 0.2) is 24.3 Å². The molecule has 0 bridgehead atoms. The fourth-order valence-corrected chi connectivity index (χ4v) is 3.79. The van der Waals surface area contributed by atoms with E-state index in [0.717, 1.165) is 23.7 Å². The highest BCUT2D eigenvalue weighted by Gasteiger charge is 2.29. The van der Waals surface area contributed by atoms with Gasteiger partial charge in [-0.25, -0.2) is 4.79 Å². The first kappa shape index (κ1) is 17.5. The molecular weight excluding hydrogens is 316 g/mol. The highest BCUT2D eigenvalue weighted by Crippen LogP contribution is 2.29. The van der Waals surface area contributed by atoms with Crippen LogP contribution in [0.3, 0.4) is 0 Å². The summed E-state index contributed by atoms with van der Waals surface area (Å²) in [6, 6.07) is 7.40. The summed E-state index contributed by atoms with van der Waals surface area (Å²) in [4.78, 5) is 27.5. The van der Waals surface area contributed by atoms with Crippen molar-refractivity contribution in [2.75, 3.05) is 6.61 Å². The van der Waals surface area contributed by atoms with Crippen LogP contribution in [0.4, 0.5) is 0 Å². The number of carbonyl (C=O) groups is 2. The molecule has 2 unspecified atom stereocenters. The maximum Gasteiger partial charge on any atom is 0.354 e. The van der Waals surface area contributed by atoms with E-state index in [1.54, 1.807) is 19.1 Å². The minimum atomic E-state index is -0.380. The number of esters is 1. The van der Waals surface area contributed by atoms with Crippen molar-refractivity contribution in [2.24, 2.45) is 11.8 Å². The molecule has 1 aromatic carbocycles. The molecule has 1 aromatic heterocycles. The van der Waals surface area contributed by atoms with E-state index in [1.165, 1.54) is 6.42 Å². The summed E-state index contributed by atoms with van der Waals surface area (Å²) in [6.45, 7) is 6.53. The predicted molar refractivity (Wildman–Crippen MR) is 97.7 cm³/mol. The molecule has 25 heavy (non-hydrogen) atoms. The summed E-state index contributed by atoms with van der Waals surface area (Å²) in [6.07, 6.45) is 3.56. The van der Waals surface area contributed by atoms with E-state index in [4.69, 9.17) is 4.74 Å². The van der Waals surface area contributed by atoms with E-state index >= 15 is 0 Å². The summed E-state index contributed by atoms with van der Waals surface area (Å²) in [5, 5.41) is 4.04. The molecule has 1 heterocycles. The van der Waals surface area contributed by atoms with Gasteiger partial charge < -0.3 is 15.0 Å². The number of aromatic nitrogens is 1. The number of ether oxygens (including phenoxy) is 1. The van der Waals surface area contributed by atoms with Crippen LogP contribution in [0, 0.1) is 11.8 Å². The zero-order valence-electron chi connectivity index (χ0n) is 15.1. The van der Waals surface area contributed by atoms with Gasteiger partial charge in [0, 0.05) is 22.5 Å². The predicted octanol–water partition coefficient (Wildman–Crippen LogP) is 3.90. The van der Waals surface area contributed by atoms with Crippen LogP contribution in [-0.2, 0) is 4.74 Å². The Balaban J connectivity index is 1.78. The van der Waals surface area contributed by atoms with Gasteiger partial charge in [-0.05, 0) is 55.9 Å². The Labute approximate surface area is 148 Å². The van der Waals surface area contributed by atoms with Gasteiger partial charge in [0.05, 0.1) is 6.61 Å². The van der Waals surface area contributed by atoms with Gasteiger partial charge in [-0.3, -0.25) is 4.79 Å². The highest BCUT2D eigenvalue weighted by atomic mass is 16.5. The molecule has 1 amide bonds. The first-order valence-corrected chi connectivity index (χ1v) is 9.10. The molecule has 0 aliphatic heterocycles. The standard InChI is InChI=1S/C20H26N2O3/c1-4-25-20(24)17-11-15-10-14(8-9-16(15)21-17)19(23)22-18-12(2)6-5-7-13(18)3/h8-13,18,21H,4-7H2,1-3H3,(H,22,23). The Morgan fingerprint density at radius 3 is 2.60 bits per heavy atom. The average Bonchev–Trinajstić information content (AvgIpc) is 3.01. The Morgan fingerprint density at radius 1 is 1.20 bits per heavy atom. The van der Waals surface area contributed by atoms with Gasteiger partial charge in [-0.15, -0.1) is 0 Å². The zero-order chi connectivity index (χ0) is 18.0. The van der Waals surface area contributed by atoms with Crippen molar-refractivity contribution >= 4 is 22.8 Å². The summed E-state index contributed by atoms with van der Waals surface area (Å²) >= 11 is 0. The van der Waals surface area contributed by atoms with Crippen molar-refractivity contribution in [2.45, 2.75) is 46.1 Å². The molecule has 2 atom stereocenters. The molecule has 5 heteroatoms. The largest absolute Gasteiger partial charge is 0.461 e. The first-order valence-electron chi connectivity index (χ1n) is 9.10. The lowest BCUT2D eigenvalue weighted by Gasteiger charge is -2.35. The number of benzene rings is 1. The molecule has 0 spiro atoms. The van der Waals surface area contributed by atoms with Gasteiger partial charge in [-0.1, -0.05) is 20.3 Å². The second kappa shape index (κ2) is 7.30. The third-order valence-electron chi connectivity index (χ3n) is 5.22. The maximum atomic E-state index is 12.7. The Kier molecular flexibility index (Phi) is 5.11. The molecule has 1 saturated carbocycles. The highest BCUT2D eigenvalue weighted by molar-refractivity contribution is 6.00. The van der Waals surface area contributed by atoms with Gasteiger partial charge in [0.25, 0.3) is 5.91 Å². The van der Waals surface area contributed by atoms with Crippen LogP contribution in [-0.4, -0.2) is 29.5 Å². The van der Waals surface area contributed by atoms with Crippen LogP contribution in [0.2, 0.25) is 0 Å². The normalized spacial score (nSPS) is 23.4. The molecular formula is C20H26N2O3. The monoisotopic (exact) mass is 342 g/mol. The lowest BCUT2D eigenvalue weighted by atomic mass is 9.78. The zero-order valence-corrected chi connectivity index (χ0v) is 15.1. The van der Waals surface area contributed by atoms with E-state index in [-0.39, 0.29) is 17.9 Å². The van der Waals surface area contributed by atoms with E-state index in [1.807, 2.05) is 12.1 Å². The summed E-state index contributed by atoms with van der Waals surface area (Å²) in [5.41, 5.74) is 1.84. The lowest BCUT2D eigenvalue weighted by molar-refractivity contribution is 0.0520. The maximum absolute atomic E-state index is 12.7. The number of hydrogen-bond donors (Lipinski definition) is 2. The van der Waals surface area contributed by atoms with Gasteiger partial charge >= 0.3 is 5.97 Å². The second-order valence-corrected chi connectivity index (χ2v) is 7.09.